The molecule has 2 aromatic rings. The highest BCUT2D eigenvalue weighted by Crippen LogP contribution is 2.20. The number of ether oxygens (including phenoxy) is 3. The van der Waals surface area contributed by atoms with Gasteiger partial charge in [-0.05, 0) is 42.0 Å². The summed E-state index contributed by atoms with van der Waals surface area (Å²) in [5.41, 5.74) is 1.57. The van der Waals surface area contributed by atoms with Crippen LogP contribution >= 0.6 is 0 Å². The van der Waals surface area contributed by atoms with Gasteiger partial charge in [0.05, 0.1) is 25.4 Å². The van der Waals surface area contributed by atoms with Gasteiger partial charge in [-0.15, -0.1) is 0 Å². The zero-order valence-corrected chi connectivity index (χ0v) is 12.7. The van der Waals surface area contributed by atoms with Gasteiger partial charge in [-0.1, -0.05) is 0 Å². The molecule has 0 radical (unpaired) electrons. The molecule has 0 bridgehead atoms. The van der Waals surface area contributed by atoms with E-state index in [1.54, 1.807) is 43.8 Å². The predicted octanol–water partition coefficient (Wildman–Crippen LogP) is 3.02. The van der Waals surface area contributed by atoms with Crippen LogP contribution in [0.4, 0.5) is 0 Å². The Hall–Kier alpha value is -2.40. The second kappa shape index (κ2) is 8.14. The Morgan fingerprint density at radius 1 is 1.09 bits per heavy atom. The van der Waals surface area contributed by atoms with Crippen molar-refractivity contribution in [3.63, 3.8) is 0 Å². The first-order chi connectivity index (χ1) is 10.7. The molecular formula is C17H19NO4. The predicted molar refractivity (Wildman–Crippen MR) is 81.9 cm³/mol. The molecule has 0 spiro atoms. The highest BCUT2D eigenvalue weighted by Gasteiger charge is 2.10. The molecule has 22 heavy (non-hydrogen) atoms. The lowest BCUT2D eigenvalue weighted by Crippen LogP contribution is -2.08. The summed E-state index contributed by atoms with van der Waals surface area (Å²) < 4.78 is 15.8. The van der Waals surface area contributed by atoms with Crippen LogP contribution in [0, 0.1) is 0 Å². The molecule has 2 rings (SSSR count). The molecule has 0 N–H and O–H groups in total. The molecule has 5 nitrogen and oxygen atoms in total. The normalized spacial score (nSPS) is 11.7. The molecule has 0 aliphatic carbocycles. The molecule has 0 aliphatic heterocycles. The number of carbonyl (C=O) groups excluding carboxylic acids is 1. The largest absolute Gasteiger partial charge is 0.493 e. The summed E-state index contributed by atoms with van der Waals surface area (Å²) in [5.74, 6) is 0.348. The molecule has 0 fully saturated rings. The molecule has 5 heteroatoms. The van der Waals surface area contributed by atoms with Crippen molar-refractivity contribution in [3.05, 3.63) is 59.9 Å². The number of hydrogen-bond acceptors (Lipinski definition) is 5. The van der Waals surface area contributed by atoms with Gasteiger partial charge in [0.15, 0.2) is 0 Å². The van der Waals surface area contributed by atoms with Crippen molar-refractivity contribution in [2.45, 2.75) is 12.5 Å². The number of aromatic nitrogens is 1. The van der Waals surface area contributed by atoms with E-state index in [0.29, 0.717) is 17.9 Å². The van der Waals surface area contributed by atoms with Crippen molar-refractivity contribution in [1.82, 2.24) is 4.98 Å². The summed E-state index contributed by atoms with van der Waals surface area (Å²) in [4.78, 5) is 15.3. The molecule has 0 saturated carbocycles. The molecule has 0 aliphatic rings. The zero-order chi connectivity index (χ0) is 15.8. The van der Waals surface area contributed by atoms with Crippen LogP contribution in [0.2, 0.25) is 0 Å². The lowest BCUT2D eigenvalue weighted by atomic mass is 10.1. The molecule has 1 aromatic heterocycles. The molecule has 0 saturated heterocycles. The Morgan fingerprint density at radius 2 is 1.77 bits per heavy atom. The van der Waals surface area contributed by atoms with Crippen molar-refractivity contribution in [2.24, 2.45) is 0 Å². The van der Waals surface area contributed by atoms with Gasteiger partial charge in [-0.2, -0.15) is 0 Å². The maximum absolute atomic E-state index is 11.3. The smallest absolute Gasteiger partial charge is 0.337 e. The van der Waals surface area contributed by atoms with E-state index < -0.39 is 0 Å². The lowest BCUT2D eigenvalue weighted by molar-refractivity contribution is 0.0600. The Labute approximate surface area is 129 Å². The molecule has 1 aromatic carbocycles. The summed E-state index contributed by atoms with van der Waals surface area (Å²) in [6.07, 6.45) is 4.18. The van der Waals surface area contributed by atoms with Crippen molar-refractivity contribution in [3.8, 4) is 5.75 Å². The monoisotopic (exact) mass is 301 g/mol. The minimum Gasteiger partial charge on any atom is -0.493 e. The first-order valence-corrected chi connectivity index (χ1v) is 6.98. The van der Waals surface area contributed by atoms with Crippen LogP contribution in [0.5, 0.6) is 5.75 Å². The fraction of sp³-hybridized carbons (Fsp3) is 0.294. The Kier molecular flexibility index (Phi) is 5.91. The lowest BCUT2D eigenvalue weighted by Gasteiger charge is -2.16. The number of rotatable bonds is 7. The van der Waals surface area contributed by atoms with Gasteiger partial charge in [0.1, 0.15) is 5.75 Å². The van der Waals surface area contributed by atoms with Crippen molar-refractivity contribution in [1.29, 1.82) is 0 Å². The second-order valence-electron chi connectivity index (χ2n) is 4.66. The van der Waals surface area contributed by atoms with Gasteiger partial charge < -0.3 is 14.2 Å². The molecule has 0 amide bonds. The Morgan fingerprint density at radius 3 is 2.36 bits per heavy atom. The van der Waals surface area contributed by atoms with E-state index in [9.17, 15) is 4.79 Å². The van der Waals surface area contributed by atoms with Gasteiger partial charge in [0.2, 0.25) is 0 Å². The number of pyridine rings is 1. The topological polar surface area (TPSA) is 57.7 Å². The fourth-order valence-corrected chi connectivity index (χ4v) is 2.09. The number of esters is 1. The Bertz CT molecular complexity index is 583. The van der Waals surface area contributed by atoms with Crippen LogP contribution in [0.25, 0.3) is 0 Å². The van der Waals surface area contributed by atoms with Gasteiger partial charge in [0, 0.05) is 25.9 Å². The average Bonchev–Trinajstić information content (AvgIpc) is 2.59. The Balaban J connectivity index is 1.86. The van der Waals surface area contributed by atoms with E-state index in [0.717, 1.165) is 12.0 Å². The number of hydrogen-bond donors (Lipinski definition) is 0. The maximum Gasteiger partial charge on any atom is 0.337 e. The summed E-state index contributed by atoms with van der Waals surface area (Å²) in [6.45, 7) is 0.512. The van der Waals surface area contributed by atoms with E-state index in [1.807, 2.05) is 12.1 Å². The van der Waals surface area contributed by atoms with Crippen LogP contribution in [-0.2, 0) is 9.47 Å². The number of carbonyl (C=O) groups is 1. The minimum atomic E-state index is -0.358. The highest BCUT2D eigenvalue weighted by atomic mass is 16.5. The third-order valence-corrected chi connectivity index (χ3v) is 3.29. The van der Waals surface area contributed by atoms with Gasteiger partial charge in [-0.3, -0.25) is 4.98 Å². The summed E-state index contributed by atoms with van der Waals surface area (Å²) >= 11 is 0. The highest BCUT2D eigenvalue weighted by molar-refractivity contribution is 5.89. The van der Waals surface area contributed by atoms with E-state index in [4.69, 9.17) is 9.47 Å². The van der Waals surface area contributed by atoms with E-state index in [-0.39, 0.29) is 12.1 Å². The van der Waals surface area contributed by atoms with Crippen LogP contribution < -0.4 is 4.74 Å². The van der Waals surface area contributed by atoms with Crippen LogP contribution in [0.1, 0.15) is 28.4 Å². The molecule has 1 atom stereocenters. The maximum atomic E-state index is 11.3. The number of benzene rings is 1. The SMILES string of the molecule is COC(=O)c1ccc(OCCC(OC)c2ccncc2)cc1. The third-order valence-electron chi connectivity index (χ3n) is 3.29. The first-order valence-electron chi connectivity index (χ1n) is 6.98. The quantitative estimate of drug-likeness (QED) is 0.736. The second-order valence-corrected chi connectivity index (χ2v) is 4.66. The fourth-order valence-electron chi connectivity index (χ4n) is 2.09. The average molecular weight is 301 g/mol. The first kappa shape index (κ1) is 16.0. The molecule has 1 unspecified atom stereocenters. The summed E-state index contributed by atoms with van der Waals surface area (Å²) in [7, 11) is 3.03. The van der Waals surface area contributed by atoms with E-state index in [2.05, 4.69) is 9.72 Å². The standard InChI is InChI=1S/C17H19NO4/c1-20-16(13-7-10-18-11-8-13)9-12-22-15-5-3-14(4-6-15)17(19)21-2/h3-8,10-11,16H,9,12H2,1-2H3. The van der Waals surface area contributed by atoms with E-state index in [1.165, 1.54) is 7.11 Å². The van der Waals surface area contributed by atoms with Crippen molar-refractivity contribution in [2.75, 3.05) is 20.8 Å². The van der Waals surface area contributed by atoms with Crippen LogP contribution in [-0.4, -0.2) is 31.8 Å². The minimum absolute atomic E-state index is 0.0302. The van der Waals surface area contributed by atoms with Crippen molar-refractivity contribution < 1.29 is 19.0 Å². The third kappa shape index (κ3) is 4.30. The van der Waals surface area contributed by atoms with Crippen LogP contribution in [0.3, 0.4) is 0 Å². The van der Waals surface area contributed by atoms with Gasteiger partial charge in [0.25, 0.3) is 0 Å². The van der Waals surface area contributed by atoms with E-state index >= 15 is 0 Å². The van der Waals surface area contributed by atoms with Crippen LogP contribution in [0.15, 0.2) is 48.8 Å². The zero-order valence-electron chi connectivity index (χ0n) is 12.7. The molecule has 1 heterocycles. The summed E-state index contributed by atoms with van der Waals surface area (Å²) in [6, 6.07) is 10.7. The number of nitrogens with zero attached hydrogens (tertiary/aromatic N) is 1. The molecule has 116 valence electrons. The molecular weight excluding hydrogens is 282 g/mol. The van der Waals surface area contributed by atoms with Gasteiger partial charge >= 0.3 is 5.97 Å². The van der Waals surface area contributed by atoms with Gasteiger partial charge in [-0.25, -0.2) is 4.79 Å². The van der Waals surface area contributed by atoms with Crippen molar-refractivity contribution >= 4 is 5.97 Å². The number of methoxy groups -OCH3 is 2. The summed E-state index contributed by atoms with van der Waals surface area (Å²) in [5, 5.41) is 0.